The van der Waals surface area contributed by atoms with Crippen LogP contribution < -0.4 is 5.32 Å². The average molecular weight is 304 g/mol. The first-order chi connectivity index (χ1) is 10.3. The first kappa shape index (κ1) is 16.5. The van der Waals surface area contributed by atoms with Gasteiger partial charge in [-0.25, -0.2) is 0 Å². The molecule has 1 aromatic rings. The van der Waals surface area contributed by atoms with E-state index >= 15 is 0 Å². The predicted molar refractivity (Wildman–Crippen MR) is 85.5 cm³/mol. The number of carbonyl (C=O) groups excluding carboxylic acids is 2. The molecule has 5 nitrogen and oxygen atoms in total. The molecule has 1 fully saturated rings. The van der Waals surface area contributed by atoms with Gasteiger partial charge in [0.25, 0.3) is 0 Å². The zero-order chi connectivity index (χ0) is 16.3. The van der Waals surface area contributed by atoms with Crippen LogP contribution in [0.3, 0.4) is 0 Å². The lowest BCUT2D eigenvalue weighted by Gasteiger charge is -2.34. The summed E-state index contributed by atoms with van der Waals surface area (Å²) in [4.78, 5) is 25.3. The molecule has 0 saturated carbocycles. The molecule has 1 atom stereocenters. The van der Waals surface area contributed by atoms with E-state index in [4.69, 9.17) is 0 Å². The van der Waals surface area contributed by atoms with Gasteiger partial charge in [-0.1, -0.05) is 12.1 Å². The van der Waals surface area contributed by atoms with E-state index in [1.807, 2.05) is 12.1 Å². The lowest BCUT2D eigenvalue weighted by atomic mass is 9.96. The first-order valence-electron chi connectivity index (χ1n) is 7.66. The molecule has 1 unspecified atom stereocenters. The molecule has 0 aromatic heterocycles. The van der Waals surface area contributed by atoms with Gasteiger partial charge in [-0.2, -0.15) is 0 Å². The Bertz CT molecular complexity index is 546. The number of hydrogen-bond donors (Lipinski definition) is 2. The normalized spacial score (nSPS) is 18.4. The van der Waals surface area contributed by atoms with E-state index in [0.29, 0.717) is 13.0 Å². The van der Waals surface area contributed by atoms with Crippen molar-refractivity contribution < 1.29 is 14.7 Å². The monoisotopic (exact) mass is 304 g/mol. The van der Waals surface area contributed by atoms with E-state index in [-0.39, 0.29) is 17.9 Å². The molecule has 1 aliphatic heterocycles. The number of nitrogens with one attached hydrogen (secondary N) is 1. The summed E-state index contributed by atoms with van der Waals surface area (Å²) in [6, 6.07) is 7.17. The van der Waals surface area contributed by atoms with Crippen LogP contribution in [0.2, 0.25) is 0 Å². The van der Waals surface area contributed by atoms with Crippen LogP contribution in [0.15, 0.2) is 24.3 Å². The Morgan fingerprint density at radius 1 is 1.32 bits per heavy atom. The fraction of sp³-hybridized carbons (Fsp3) is 0.529. The van der Waals surface area contributed by atoms with Gasteiger partial charge in [-0.05, 0) is 44.4 Å². The Balaban J connectivity index is 2.01. The van der Waals surface area contributed by atoms with Gasteiger partial charge < -0.3 is 15.3 Å². The van der Waals surface area contributed by atoms with Crippen molar-refractivity contribution in [2.45, 2.75) is 51.7 Å². The van der Waals surface area contributed by atoms with Crippen LogP contribution >= 0.6 is 0 Å². The van der Waals surface area contributed by atoms with Crippen molar-refractivity contribution in [3.8, 4) is 0 Å². The van der Waals surface area contributed by atoms with Gasteiger partial charge in [0, 0.05) is 19.2 Å². The third kappa shape index (κ3) is 4.07. The third-order valence-electron chi connectivity index (χ3n) is 4.02. The number of amides is 2. The number of carbonyl (C=O) groups is 2. The molecule has 120 valence electrons. The Labute approximate surface area is 131 Å². The Hall–Kier alpha value is -1.88. The molecule has 22 heavy (non-hydrogen) atoms. The minimum absolute atomic E-state index is 0.0388. The second-order valence-electron chi connectivity index (χ2n) is 6.45. The topological polar surface area (TPSA) is 69.6 Å². The molecular formula is C17H24N2O3. The molecule has 0 radical (unpaired) electrons. The van der Waals surface area contributed by atoms with Crippen molar-refractivity contribution in [1.82, 2.24) is 4.90 Å². The molecule has 2 rings (SSSR count). The van der Waals surface area contributed by atoms with Crippen LogP contribution in [0.4, 0.5) is 5.69 Å². The Morgan fingerprint density at radius 2 is 1.95 bits per heavy atom. The van der Waals surface area contributed by atoms with Crippen molar-refractivity contribution in [3.05, 3.63) is 29.8 Å². The minimum Gasteiger partial charge on any atom is -0.388 e. The van der Waals surface area contributed by atoms with Gasteiger partial charge in [0.1, 0.15) is 0 Å². The summed E-state index contributed by atoms with van der Waals surface area (Å²) < 4.78 is 0. The standard InChI is InChI=1S/C17H24N2O3/c1-12(20)18-14-8-6-13(7-9-14)11-16(21)19-10-4-5-15(19)17(2,3)22/h6-9,15,22H,4-5,10-11H2,1-3H3,(H,18,20). The Morgan fingerprint density at radius 3 is 2.50 bits per heavy atom. The number of rotatable bonds is 4. The van der Waals surface area contributed by atoms with E-state index in [9.17, 15) is 14.7 Å². The minimum atomic E-state index is -0.874. The second-order valence-corrected chi connectivity index (χ2v) is 6.45. The highest BCUT2D eigenvalue weighted by atomic mass is 16.3. The van der Waals surface area contributed by atoms with Crippen molar-refractivity contribution in [1.29, 1.82) is 0 Å². The fourth-order valence-electron chi connectivity index (χ4n) is 2.99. The summed E-state index contributed by atoms with van der Waals surface area (Å²) >= 11 is 0. The molecule has 0 spiro atoms. The number of aliphatic hydroxyl groups is 1. The molecule has 2 amide bonds. The van der Waals surface area contributed by atoms with Gasteiger partial charge in [-0.15, -0.1) is 0 Å². The molecule has 1 saturated heterocycles. The summed E-state index contributed by atoms with van der Waals surface area (Å²) in [5.41, 5.74) is 0.751. The molecule has 1 aromatic carbocycles. The average Bonchev–Trinajstić information content (AvgIpc) is 2.89. The Kier molecular flexibility index (Phi) is 4.86. The summed E-state index contributed by atoms with van der Waals surface area (Å²) in [6.07, 6.45) is 2.09. The zero-order valence-electron chi connectivity index (χ0n) is 13.4. The molecule has 1 aliphatic rings. The summed E-state index contributed by atoms with van der Waals surface area (Å²) in [7, 11) is 0. The van der Waals surface area contributed by atoms with E-state index < -0.39 is 5.60 Å². The molecule has 2 N–H and O–H groups in total. The number of hydrogen-bond acceptors (Lipinski definition) is 3. The van der Waals surface area contributed by atoms with Gasteiger partial charge in [0.15, 0.2) is 0 Å². The van der Waals surface area contributed by atoms with E-state index in [2.05, 4.69) is 5.32 Å². The van der Waals surface area contributed by atoms with Crippen molar-refractivity contribution in [3.63, 3.8) is 0 Å². The van der Waals surface area contributed by atoms with Crippen molar-refractivity contribution in [2.24, 2.45) is 0 Å². The van der Waals surface area contributed by atoms with Crippen LogP contribution in [-0.2, 0) is 16.0 Å². The first-order valence-corrected chi connectivity index (χ1v) is 7.66. The maximum atomic E-state index is 12.5. The lowest BCUT2D eigenvalue weighted by Crippen LogP contribution is -2.48. The van der Waals surface area contributed by atoms with E-state index in [1.54, 1.807) is 30.9 Å². The van der Waals surface area contributed by atoms with Crippen molar-refractivity contribution in [2.75, 3.05) is 11.9 Å². The lowest BCUT2D eigenvalue weighted by molar-refractivity contribution is -0.135. The van der Waals surface area contributed by atoms with Crippen molar-refractivity contribution >= 4 is 17.5 Å². The van der Waals surface area contributed by atoms with Gasteiger partial charge in [-0.3, -0.25) is 9.59 Å². The SMILES string of the molecule is CC(=O)Nc1ccc(CC(=O)N2CCCC2C(C)(C)O)cc1. The van der Waals surface area contributed by atoms with Gasteiger partial charge in [0.05, 0.1) is 18.1 Å². The van der Waals surface area contributed by atoms with Crippen LogP contribution in [0.25, 0.3) is 0 Å². The smallest absolute Gasteiger partial charge is 0.227 e. The predicted octanol–water partition coefficient (Wildman–Crippen LogP) is 1.95. The highest BCUT2D eigenvalue weighted by molar-refractivity contribution is 5.88. The molecule has 0 bridgehead atoms. The van der Waals surface area contributed by atoms with Crippen LogP contribution in [0.1, 0.15) is 39.2 Å². The largest absolute Gasteiger partial charge is 0.388 e. The number of likely N-dealkylation sites (tertiary alicyclic amines) is 1. The molecule has 1 heterocycles. The van der Waals surface area contributed by atoms with E-state index in [1.165, 1.54) is 6.92 Å². The van der Waals surface area contributed by atoms with E-state index in [0.717, 1.165) is 24.1 Å². The molecule has 0 aliphatic carbocycles. The van der Waals surface area contributed by atoms with Gasteiger partial charge in [0.2, 0.25) is 11.8 Å². The third-order valence-corrected chi connectivity index (χ3v) is 4.02. The summed E-state index contributed by atoms with van der Waals surface area (Å²) in [6.45, 7) is 5.68. The van der Waals surface area contributed by atoms with Crippen LogP contribution in [-0.4, -0.2) is 40.0 Å². The number of anilines is 1. The summed E-state index contributed by atoms with van der Waals surface area (Å²) in [5.74, 6) is -0.0779. The number of nitrogens with zero attached hydrogens (tertiary/aromatic N) is 1. The van der Waals surface area contributed by atoms with Gasteiger partial charge >= 0.3 is 0 Å². The highest BCUT2D eigenvalue weighted by Gasteiger charge is 2.38. The maximum Gasteiger partial charge on any atom is 0.227 e. The second kappa shape index (κ2) is 6.48. The molecular weight excluding hydrogens is 280 g/mol. The highest BCUT2D eigenvalue weighted by Crippen LogP contribution is 2.27. The van der Waals surface area contributed by atoms with Crippen LogP contribution in [0.5, 0.6) is 0 Å². The summed E-state index contributed by atoms with van der Waals surface area (Å²) in [5, 5.41) is 12.9. The molecule has 5 heteroatoms. The maximum absolute atomic E-state index is 12.5. The zero-order valence-corrected chi connectivity index (χ0v) is 13.4. The quantitative estimate of drug-likeness (QED) is 0.893. The van der Waals surface area contributed by atoms with Crippen LogP contribution in [0, 0.1) is 0 Å². The fourth-order valence-corrected chi connectivity index (χ4v) is 2.99. The number of benzene rings is 1.